The first-order chi connectivity index (χ1) is 8.08. The minimum Gasteiger partial charge on any atom is -0.469 e. The van der Waals surface area contributed by atoms with Crippen LogP contribution in [-0.2, 0) is 28.5 Å². The van der Waals surface area contributed by atoms with Crippen molar-refractivity contribution in [3.63, 3.8) is 0 Å². The maximum atomic E-state index is 11.6. The highest BCUT2D eigenvalue weighted by Gasteiger charge is 2.23. The molecule has 17 heavy (non-hydrogen) atoms. The summed E-state index contributed by atoms with van der Waals surface area (Å²) in [7, 11) is 5.71. The third kappa shape index (κ3) is 6.35. The molecule has 1 atom stereocenters. The lowest BCUT2D eigenvalue weighted by atomic mass is 10.1. The zero-order valence-electron chi connectivity index (χ0n) is 10.7. The molecular formula is C11H20O6. The molecule has 0 aliphatic carbocycles. The van der Waals surface area contributed by atoms with Crippen LogP contribution in [0.25, 0.3) is 0 Å². The lowest BCUT2D eigenvalue weighted by Gasteiger charge is -2.22. The molecule has 6 heteroatoms. The lowest BCUT2D eigenvalue weighted by molar-refractivity contribution is -0.176. The van der Waals surface area contributed by atoms with Crippen molar-refractivity contribution >= 4 is 11.8 Å². The van der Waals surface area contributed by atoms with Gasteiger partial charge in [0, 0.05) is 34.2 Å². The molecule has 0 radical (unpaired) electrons. The maximum absolute atomic E-state index is 11.6. The highest BCUT2D eigenvalue weighted by atomic mass is 16.7. The van der Waals surface area contributed by atoms with Gasteiger partial charge in [-0.2, -0.15) is 0 Å². The third-order valence-electron chi connectivity index (χ3n) is 2.34. The van der Waals surface area contributed by atoms with Crippen molar-refractivity contribution in [2.75, 3.05) is 28.4 Å². The molecule has 0 aliphatic heterocycles. The van der Waals surface area contributed by atoms with Gasteiger partial charge in [-0.3, -0.25) is 9.59 Å². The van der Waals surface area contributed by atoms with E-state index in [2.05, 4.69) is 4.74 Å². The second-order valence-corrected chi connectivity index (χ2v) is 3.43. The number of rotatable bonds is 9. The molecule has 0 amide bonds. The van der Waals surface area contributed by atoms with E-state index in [4.69, 9.17) is 14.2 Å². The van der Waals surface area contributed by atoms with Gasteiger partial charge >= 0.3 is 5.97 Å². The Balaban J connectivity index is 4.10. The molecule has 0 bridgehead atoms. The molecule has 0 aromatic heterocycles. The molecule has 0 saturated heterocycles. The van der Waals surface area contributed by atoms with Crippen LogP contribution in [-0.4, -0.2) is 52.6 Å². The second kappa shape index (κ2) is 9.09. The molecule has 0 rings (SSSR count). The number of hydrogen-bond donors (Lipinski definition) is 0. The van der Waals surface area contributed by atoms with Crippen LogP contribution in [0.4, 0.5) is 0 Å². The van der Waals surface area contributed by atoms with E-state index < -0.39 is 18.4 Å². The van der Waals surface area contributed by atoms with Gasteiger partial charge in [-0.15, -0.1) is 0 Å². The van der Waals surface area contributed by atoms with Crippen LogP contribution in [0.5, 0.6) is 0 Å². The van der Waals surface area contributed by atoms with Crippen molar-refractivity contribution in [2.45, 2.75) is 31.7 Å². The molecule has 100 valence electrons. The standard InChI is InChI=1S/C11H20O6/c1-14-9(11(16-3)17-4)7-8(12)5-6-10(13)15-2/h9,11H,5-7H2,1-4H3. The van der Waals surface area contributed by atoms with Crippen LogP contribution < -0.4 is 0 Å². The zero-order valence-corrected chi connectivity index (χ0v) is 10.7. The first kappa shape index (κ1) is 16.0. The maximum Gasteiger partial charge on any atom is 0.305 e. The van der Waals surface area contributed by atoms with Gasteiger partial charge in [0.1, 0.15) is 11.9 Å². The molecular weight excluding hydrogens is 228 g/mol. The Kier molecular flexibility index (Phi) is 8.57. The van der Waals surface area contributed by atoms with Gasteiger partial charge in [-0.25, -0.2) is 0 Å². The van der Waals surface area contributed by atoms with Gasteiger partial charge in [-0.1, -0.05) is 0 Å². The average molecular weight is 248 g/mol. The van der Waals surface area contributed by atoms with Crippen molar-refractivity contribution < 1.29 is 28.5 Å². The fraction of sp³-hybridized carbons (Fsp3) is 0.818. The number of Topliss-reactive ketones (excluding diaryl/α,β-unsaturated/α-hetero) is 1. The Bertz CT molecular complexity index is 236. The van der Waals surface area contributed by atoms with Crippen LogP contribution in [0.2, 0.25) is 0 Å². The molecule has 0 heterocycles. The van der Waals surface area contributed by atoms with Crippen LogP contribution in [0.3, 0.4) is 0 Å². The fourth-order valence-corrected chi connectivity index (χ4v) is 1.36. The Morgan fingerprint density at radius 3 is 1.94 bits per heavy atom. The van der Waals surface area contributed by atoms with E-state index >= 15 is 0 Å². The predicted molar refractivity (Wildman–Crippen MR) is 59.5 cm³/mol. The Labute approximate surface area is 101 Å². The largest absolute Gasteiger partial charge is 0.469 e. The van der Waals surface area contributed by atoms with Gasteiger partial charge in [0.25, 0.3) is 0 Å². The summed E-state index contributed by atoms with van der Waals surface area (Å²) in [5.74, 6) is -0.497. The van der Waals surface area contributed by atoms with E-state index in [0.717, 1.165) is 0 Å². The third-order valence-corrected chi connectivity index (χ3v) is 2.34. The summed E-state index contributed by atoms with van der Waals surface area (Å²) in [5.41, 5.74) is 0. The summed E-state index contributed by atoms with van der Waals surface area (Å²) < 4.78 is 19.6. The van der Waals surface area contributed by atoms with E-state index in [0.29, 0.717) is 0 Å². The predicted octanol–water partition coefficient (Wildman–Crippen LogP) is 0.533. The second-order valence-electron chi connectivity index (χ2n) is 3.43. The highest BCUT2D eigenvalue weighted by Crippen LogP contribution is 2.10. The summed E-state index contributed by atoms with van der Waals surface area (Å²) in [6, 6.07) is 0. The summed E-state index contributed by atoms with van der Waals surface area (Å²) in [6.07, 6.45) is -0.722. The van der Waals surface area contributed by atoms with Crippen molar-refractivity contribution in [2.24, 2.45) is 0 Å². The Morgan fingerprint density at radius 2 is 1.53 bits per heavy atom. The van der Waals surface area contributed by atoms with Crippen molar-refractivity contribution in [1.82, 2.24) is 0 Å². The molecule has 0 aromatic carbocycles. The molecule has 0 aromatic rings. The Morgan fingerprint density at radius 1 is 0.941 bits per heavy atom. The van der Waals surface area contributed by atoms with Crippen LogP contribution >= 0.6 is 0 Å². The summed E-state index contributed by atoms with van der Waals surface area (Å²) in [4.78, 5) is 22.4. The first-order valence-corrected chi connectivity index (χ1v) is 5.25. The number of ketones is 1. The molecule has 6 nitrogen and oxygen atoms in total. The van der Waals surface area contributed by atoms with Crippen LogP contribution in [0, 0.1) is 0 Å². The highest BCUT2D eigenvalue weighted by molar-refractivity contribution is 5.83. The summed E-state index contributed by atoms with van der Waals surface area (Å²) in [6.45, 7) is 0. The van der Waals surface area contributed by atoms with Crippen molar-refractivity contribution in [3.05, 3.63) is 0 Å². The number of carbonyl (C=O) groups is 2. The molecule has 0 spiro atoms. The average Bonchev–Trinajstić information content (AvgIpc) is 2.35. The van der Waals surface area contributed by atoms with Crippen molar-refractivity contribution in [3.8, 4) is 0 Å². The number of ether oxygens (including phenoxy) is 4. The summed E-state index contributed by atoms with van der Waals surface area (Å²) >= 11 is 0. The van der Waals surface area contributed by atoms with E-state index in [9.17, 15) is 9.59 Å². The van der Waals surface area contributed by atoms with Gasteiger partial charge in [-0.05, 0) is 0 Å². The van der Waals surface area contributed by atoms with Gasteiger partial charge < -0.3 is 18.9 Å². The number of methoxy groups -OCH3 is 4. The van der Waals surface area contributed by atoms with Crippen LogP contribution in [0.1, 0.15) is 19.3 Å². The monoisotopic (exact) mass is 248 g/mol. The van der Waals surface area contributed by atoms with E-state index in [-0.39, 0.29) is 25.0 Å². The minimum atomic E-state index is -0.595. The van der Waals surface area contributed by atoms with E-state index in [1.165, 1.54) is 28.4 Å². The SMILES string of the molecule is COC(=O)CCC(=O)CC(OC)C(OC)OC. The fourth-order valence-electron chi connectivity index (χ4n) is 1.36. The van der Waals surface area contributed by atoms with Gasteiger partial charge in [0.05, 0.1) is 13.5 Å². The quantitative estimate of drug-likeness (QED) is 0.438. The number of esters is 1. The lowest BCUT2D eigenvalue weighted by Crippen LogP contribution is -2.33. The molecule has 0 fully saturated rings. The normalized spacial score (nSPS) is 12.5. The molecule has 0 saturated carbocycles. The smallest absolute Gasteiger partial charge is 0.305 e. The first-order valence-electron chi connectivity index (χ1n) is 5.25. The molecule has 1 unspecified atom stereocenters. The molecule has 0 aliphatic rings. The number of hydrogen-bond acceptors (Lipinski definition) is 6. The van der Waals surface area contributed by atoms with Gasteiger partial charge in [0.15, 0.2) is 6.29 Å². The van der Waals surface area contributed by atoms with Gasteiger partial charge in [0.2, 0.25) is 0 Å². The Hall–Kier alpha value is -0.980. The van der Waals surface area contributed by atoms with Crippen molar-refractivity contribution in [1.29, 1.82) is 0 Å². The van der Waals surface area contributed by atoms with E-state index in [1.807, 2.05) is 0 Å². The van der Waals surface area contributed by atoms with Crippen LogP contribution in [0.15, 0.2) is 0 Å². The topological polar surface area (TPSA) is 71.1 Å². The summed E-state index contributed by atoms with van der Waals surface area (Å²) in [5, 5.41) is 0. The molecule has 0 N–H and O–H groups in total. The minimum absolute atomic E-state index is 0.0798. The zero-order chi connectivity index (χ0) is 13.3. The number of carbonyl (C=O) groups excluding carboxylic acids is 2. The van der Waals surface area contributed by atoms with E-state index in [1.54, 1.807) is 0 Å².